The number of esters is 1. The second kappa shape index (κ2) is 19.9. The number of benzene rings is 2. The van der Waals surface area contributed by atoms with Crippen LogP contribution in [0.2, 0.25) is 0 Å². The second-order valence-electron chi connectivity index (χ2n) is 10.9. The van der Waals surface area contributed by atoms with Crippen molar-refractivity contribution < 1.29 is 19.1 Å². The van der Waals surface area contributed by atoms with E-state index in [1.807, 2.05) is 13.0 Å². The number of nitrogens with two attached hydrogens (primary N) is 1. The minimum Gasteiger partial charge on any atom is -0.495 e. The Labute approximate surface area is 242 Å². The SMILES string of the molecule is CCCCCCCCCCCCCCCCCCOC(=O)c1ccc(C)c(NC(=O)c2ccc(OC)c(N)c2)c1. The van der Waals surface area contributed by atoms with Crippen LogP contribution in [0.3, 0.4) is 0 Å². The predicted molar refractivity (Wildman–Crippen MR) is 166 cm³/mol. The molecule has 222 valence electrons. The third-order valence-electron chi connectivity index (χ3n) is 7.44. The van der Waals surface area contributed by atoms with Gasteiger partial charge in [0, 0.05) is 11.3 Å². The zero-order valence-corrected chi connectivity index (χ0v) is 25.2. The highest BCUT2D eigenvalue weighted by atomic mass is 16.5. The maximum absolute atomic E-state index is 12.7. The zero-order valence-electron chi connectivity index (χ0n) is 25.2. The van der Waals surface area contributed by atoms with Gasteiger partial charge in [-0.1, -0.05) is 109 Å². The Bertz CT molecular complexity index is 1020. The van der Waals surface area contributed by atoms with Crippen molar-refractivity contribution in [1.29, 1.82) is 0 Å². The number of hydrogen-bond acceptors (Lipinski definition) is 5. The van der Waals surface area contributed by atoms with Gasteiger partial charge in [-0.05, 0) is 49.2 Å². The molecule has 3 N–H and O–H groups in total. The van der Waals surface area contributed by atoms with Gasteiger partial charge < -0.3 is 20.5 Å². The van der Waals surface area contributed by atoms with Crippen LogP contribution in [0, 0.1) is 6.92 Å². The average Bonchev–Trinajstić information content (AvgIpc) is 2.95. The molecule has 6 nitrogen and oxygen atoms in total. The first-order chi connectivity index (χ1) is 19.5. The van der Waals surface area contributed by atoms with E-state index < -0.39 is 0 Å². The van der Waals surface area contributed by atoms with E-state index in [0.717, 1.165) is 18.4 Å². The Hall–Kier alpha value is -3.02. The Morgan fingerprint density at radius 1 is 0.725 bits per heavy atom. The molecule has 6 heteroatoms. The maximum atomic E-state index is 12.7. The second-order valence-corrected chi connectivity index (χ2v) is 10.9. The van der Waals surface area contributed by atoms with Crippen molar-refractivity contribution in [2.24, 2.45) is 0 Å². The molecule has 0 atom stereocenters. The first-order valence-electron chi connectivity index (χ1n) is 15.5. The predicted octanol–water partition coefficient (Wildman–Crippen LogP) is 9.26. The zero-order chi connectivity index (χ0) is 29.0. The number of aryl methyl sites for hydroxylation is 1. The molecule has 0 bridgehead atoms. The van der Waals surface area contributed by atoms with E-state index >= 15 is 0 Å². The van der Waals surface area contributed by atoms with Crippen LogP contribution >= 0.6 is 0 Å². The molecule has 0 saturated heterocycles. The van der Waals surface area contributed by atoms with Gasteiger partial charge in [-0.15, -0.1) is 0 Å². The minimum absolute atomic E-state index is 0.309. The molecule has 0 heterocycles. The monoisotopic (exact) mass is 552 g/mol. The van der Waals surface area contributed by atoms with E-state index in [-0.39, 0.29) is 11.9 Å². The summed E-state index contributed by atoms with van der Waals surface area (Å²) in [5.74, 6) is -0.164. The summed E-state index contributed by atoms with van der Waals surface area (Å²) in [6, 6.07) is 10.1. The minimum atomic E-state index is -0.370. The first-order valence-corrected chi connectivity index (χ1v) is 15.5. The number of carbonyl (C=O) groups excluding carboxylic acids is 2. The maximum Gasteiger partial charge on any atom is 0.338 e. The van der Waals surface area contributed by atoms with Crippen LogP contribution < -0.4 is 15.8 Å². The fraction of sp³-hybridized carbons (Fsp3) is 0.588. The summed E-state index contributed by atoms with van der Waals surface area (Å²) >= 11 is 0. The molecule has 0 spiro atoms. The summed E-state index contributed by atoms with van der Waals surface area (Å²) in [5, 5.41) is 2.87. The summed E-state index contributed by atoms with van der Waals surface area (Å²) in [4.78, 5) is 25.3. The van der Waals surface area contributed by atoms with Crippen molar-refractivity contribution in [3.05, 3.63) is 53.1 Å². The molecule has 0 unspecified atom stereocenters. The van der Waals surface area contributed by atoms with E-state index in [9.17, 15) is 9.59 Å². The van der Waals surface area contributed by atoms with Crippen molar-refractivity contribution in [3.8, 4) is 5.75 Å². The molecular formula is C34H52N2O4. The average molecular weight is 553 g/mol. The van der Waals surface area contributed by atoms with Crippen LogP contribution in [0.1, 0.15) is 136 Å². The highest BCUT2D eigenvalue weighted by Crippen LogP contribution is 2.24. The fourth-order valence-electron chi connectivity index (χ4n) is 4.85. The van der Waals surface area contributed by atoms with Gasteiger partial charge in [0.15, 0.2) is 0 Å². The van der Waals surface area contributed by atoms with Crippen molar-refractivity contribution >= 4 is 23.3 Å². The van der Waals surface area contributed by atoms with Crippen molar-refractivity contribution in [1.82, 2.24) is 0 Å². The molecule has 0 aromatic heterocycles. The number of anilines is 2. The normalized spacial score (nSPS) is 10.9. The van der Waals surface area contributed by atoms with Gasteiger partial charge in [-0.3, -0.25) is 4.79 Å². The number of rotatable bonds is 21. The molecule has 2 aromatic carbocycles. The summed E-state index contributed by atoms with van der Waals surface area (Å²) in [6.45, 7) is 4.57. The van der Waals surface area contributed by atoms with Gasteiger partial charge in [-0.2, -0.15) is 0 Å². The standard InChI is InChI=1S/C34H52N2O4/c1-4-5-6-7-8-9-10-11-12-13-14-15-16-17-18-19-24-40-34(38)29-21-20-27(2)31(26-29)36-33(37)28-22-23-32(39-3)30(35)25-28/h20-23,25-26H,4-19,24,35H2,1-3H3,(H,36,37). The van der Waals surface area contributed by atoms with Gasteiger partial charge in [-0.25, -0.2) is 4.79 Å². The highest BCUT2D eigenvalue weighted by Gasteiger charge is 2.13. The number of nitrogen functional groups attached to an aromatic ring is 1. The van der Waals surface area contributed by atoms with E-state index in [1.165, 1.54) is 97.0 Å². The Morgan fingerprint density at radius 2 is 1.25 bits per heavy atom. The number of amides is 1. The molecule has 0 saturated carbocycles. The van der Waals surface area contributed by atoms with Crippen molar-refractivity contribution in [3.63, 3.8) is 0 Å². The Morgan fingerprint density at radius 3 is 1.77 bits per heavy atom. The van der Waals surface area contributed by atoms with Crippen LogP contribution in [-0.2, 0) is 4.74 Å². The summed E-state index contributed by atoms with van der Waals surface area (Å²) in [7, 11) is 1.53. The number of unbranched alkanes of at least 4 members (excludes halogenated alkanes) is 15. The highest BCUT2D eigenvalue weighted by molar-refractivity contribution is 6.06. The number of methoxy groups -OCH3 is 1. The van der Waals surface area contributed by atoms with Crippen LogP contribution in [0.25, 0.3) is 0 Å². The lowest BCUT2D eigenvalue weighted by molar-refractivity contribution is 0.0497. The summed E-state index contributed by atoms with van der Waals surface area (Å²) < 4.78 is 10.6. The first kappa shape index (κ1) is 33.2. The van der Waals surface area contributed by atoms with Gasteiger partial charge >= 0.3 is 5.97 Å². The van der Waals surface area contributed by atoms with E-state index in [0.29, 0.717) is 34.9 Å². The Balaban J connectivity index is 1.56. The molecule has 0 fully saturated rings. The molecule has 0 aliphatic heterocycles. The molecule has 1 amide bonds. The van der Waals surface area contributed by atoms with E-state index in [2.05, 4.69) is 12.2 Å². The third kappa shape index (κ3) is 12.9. The fourth-order valence-corrected chi connectivity index (χ4v) is 4.85. The van der Waals surface area contributed by atoms with Crippen molar-refractivity contribution in [2.45, 2.75) is 117 Å². The smallest absolute Gasteiger partial charge is 0.338 e. The molecular weight excluding hydrogens is 500 g/mol. The van der Waals surface area contributed by atoms with Gasteiger partial charge in [0.2, 0.25) is 0 Å². The number of carbonyl (C=O) groups is 2. The van der Waals surface area contributed by atoms with Crippen LogP contribution in [0.15, 0.2) is 36.4 Å². The number of ether oxygens (including phenoxy) is 2. The molecule has 0 radical (unpaired) electrons. The van der Waals surface area contributed by atoms with Crippen molar-refractivity contribution in [2.75, 3.05) is 24.8 Å². The largest absolute Gasteiger partial charge is 0.495 e. The topological polar surface area (TPSA) is 90.6 Å². The molecule has 2 aromatic rings. The molecule has 2 rings (SSSR count). The number of hydrogen-bond donors (Lipinski definition) is 2. The molecule has 0 aliphatic rings. The summed E-state index contributed by atoms with van der Waals surface area (Å²) in [6.07, 6.45) is 21.0. The summed E-state index contributed by atoms with van der Waals surface area (Å²) in [5.41, 5.74) is 8.57. The Kier molecular flexibility index (Phi) is 16.5. The van der Waals surface area contributed by atoms with E-state index in [1.54, 1.807) is 30.3 Å². The molecule has 40 heavy (non-hydrogen) atoms. The van der Waals surface area contributed by atoms with Gasteiger partial charge in [0.1, 0.15) is 5.75 Å². The molecule has 0 aliphatic carbocycles. The lowest BCUT2D eigenvalue weighted by Crippen LogP contribution is -2.14. The lowest BCUT2D eigenvalue weighted by atomic mass is 10.0. The van der Waals surface area contributed by atoms with Gasteiger partial charge in [0.05, 0.1) is 25.0 Å². The number of nitrogens with one attached hydrogen (secondary N) is 1. The van der Waals surface area contributed by atoms with Crippen LogP contribution in [-0.4, -0.2) is 25.6 Å². The van der Waals surface area contributed by atoms with E-state index in [4.69, 9.17) is 15.2 Å². The van der Waals surface area contributed by atoms with Crippen LogP contribution in [0.4, 0.5) is 11.4 Å². The van der Waals surface area contributed by atoms with Gasteiger partial charge in [0.25, 0.3) is 5.91 Å². The quantitative estimate of drug-likeness (QED) is 0.0915. The third-order valence-corrected chi connectivity index (χ3v) is 7.44. The lowest BCUT2D eigenvalue weighted by Gasteiger charge is -2.12. The van der Waals surface area contributed by atoms with Crippen LogP contribution in [0.5, 0.6) is 5.75 Å².